The second-order valence-electron chi connectivity index (χ2n) is 6.36. The van der Waals surface area contributed by atoms with Crippen LogP contribution < -0.4 is 0 Å². The molecule has 0 spiro atoms. The van der Waals surface area contributed by atoms with Gasteiger partial charge in [-0.1, -0.05) is 50.1 Å². The van der Waals surface area contributed by atoms with Crippen LogP contribution >= 0.6 is 0 Å². The van der Waals surface area contributed by atoms with E-state index in [2.05, 4.69) is 11.5 Å². The number of halogens is 3. The minimum absolute atomic E-state index is 0.259. The number of hydrogen-bond acceptors (Lipinski definition) is 1. The van der Waals surface area contributed by atoms with Crippen LogP contribution in [0.2, 0.25) is 0 Å². The number of carbonyl (C=O) groups is 1. The van der Waals surface area contributed by atoms with Gasteiger partial charge in [0.1, 0.15) is 0 Å². The summed E-state index contributed by atoms with van der Waals surface area (Å²) in [5.74, 6) is -0.260. The summed E-state index contributed by atoms with van der Waals surface area (Å²) in [6.07, 6.45) is 0.644. The smallest absolute Gasteiger partial charge is 0.347 e. The summed E-state index contributed by atoms with van der Waals surface area (Å²) in [6.45, 7) is 2.95. The van der Waals surface area contributed by atoms with E-state index in [1.807, 2.05) is 30.5 Å². The first-order valence-electron chi connectivity index (χ1n) is 8.71. The third-order valence-corrected chi connectivity index (χ3v) is 4.51. The molecule has 0 bridgehead atoms. The Labute approximate surface area is 150 Å². The third-order valence-electron chi connectivity index (χ3n) is 4.51. The molecule has 136 valence electrons. The van der Waals surface area contributed by atoms with Gasteiger partial charge in [0.2, 0.25) is 0 Å². The number of aromatic nitrogens is 1. The van der Waals surface area contributed by atoms with Crippen molar-refractivity contribution in [1.82, 2.24) is 4.57 Å². The number of rotatable bonds is 6. The highest BCUT2D eigenvalue weighted by molar-refractivity contribution is 6.16. The summed E-state index contributed by atoms with van der Waals surface area (Å²) >= 11 is 0. The van der Waals surface area contributed by atoms with Crippen molar-refractivity contribution in [1.29, 1.82) is 0 Å². The van der Waals surface area contributed by atoms with Crippen molar-refractivity contribution >= 4 is 16.7 Å². The normalized spacial score (nSPS) is 11.8. The predicted molar refractivity (Wildman–Crippen MR) is 96.3 cm³/mol. The van der Waals surface area contributed by atoms with Gasteiger partial charge in [0.25, 0.3) is 0 Å². The largest absolute Gasteiger partial charge is 0.416 e. The summed E-state index contributed by atoms with van der Waals surface area (Å²) in [4.78, 5) is 12.9. The standard InChI is InChI=1S/C21H20F3NO/c1-2-3-6-13-25-14-18(17-7-4-5-8-19(17)25)20(26)15-9-11-16(12-10-15)21(22,23)24/h4-5,7-12,14H,2-3,6,13H2,1H3. The van der Waals surface area contributed by atoms with Gasteiger partial charge in [-0.15, -0.1) is 0 Å². The van der Waals surface area contributed by atoms with Crippen LogP contribution in [-0.2, 0) is 12.7 Å². The Kier molecular flexibility index (Phi) is 5.16. The Morgan fingerprint density at radius 2 is 1.69 bits per heavy atom. The van der Waals surface area contributed by atoms with Crippen molar-refractivity contribution in [2.75, 3.05) is 0 Å². The number of ketones is 1. The molecule has 1 heterocycles. The van der Waals surface area contributed by atoms with Gasteiger partial charge in [-0.25, -0.2) is 0 Å². The van der Waals surface area contributed by atoms with Crippen molar-refractivity contribution in [2.45, 2.75) is 38.9 Å². The van der Waals surface area contributed by atoms with E-state index >= 15 is 0 Å². The van der Waals surface area contributed by atoms with E-state index < -0.39 is 11.7 Å². The third kappa shape index (κ3) is 3.66. The van der Waals surface area contributed by atoms with E-state index in [0.29, 0.717) is 5.56 Å². The molecular formula is C21H20F3NO. The van der Waals surface area contributed by atoms with Crippen LogP contribution in [0.3, 0.4) is 0 Å². The zero-order chi connectivity index (χ0) is 18.7. The van der Waals surface area contributed by atoms with Gasteiger partial charge in [-0.05, 0) is 24.6 Å². The first-order valence-corrected chi connectivity index (χ1v) is 8.71. The van der Waals surface area contributed by atoms with Crippen LogP contribution in [0.5, 0.6) is 0 Å². The maximum atomic E-state index is 12.9. The lowest BCUT2D eigenvalue weighted by molar-refractivity contribution is -0.137. The Balaban J connectivity index is 1.95. The molecule has 0 fully saturated rings. The molecule has 0 amide bonds. The molecule has 3 rings (SSSR count). The first kappa shape index (κ1) is 18.2. The topological polar surface area (TPSA) is 22.0 Å². The van der Waals surface area contributed by atoms with Crippen LogP contribution in [0.4, 0.5) is 13.2 Å². The van der Waals surface area contributed by atoms with E-state index in [0.717, 1.165) is 48.8 Å². The zero-order valence-corrected chi connectivity index (χ0v) is 14.5. The molecule has 2 nitrogen and oxygen atoms in total. The van der Waals surface area contributed by atoms with E-state index in [1.54, 1.807) is 0 Å². The number of nitrogens with zero attached hydrogens (tertiary/aromatic N) is 1. The number of unbranched alkanes of at least 4 members (excludes halogenated alkanes) is 2. The molecule has 1 aromatic heterocycles. The summed E-state index contributed by atoms with van der Waals surface area (Å²) in [7, 11) is 0. The minimum Gasteiger partial charge on any atom is -0.347 e. The van der Waals surface area contributed by atoms with Gasteiger partial charge in [0, 0.05) is 34.8 Å². The lowest BCUT2D eigenvalue weighted by atomic mass is 10.0. The lowest BCUT2D eigenvalue weighted by Crippen LogP contribution is -2.06. The molecule has 0 aliphatic heterocycles. The van der Waals surface area contributed by atoms with Crippen LogP contribution in [0.1, 0.15) is 47.7 Å². The average molecular weight is 359 g/mol. The molecule has 0 radical (unpaired) electrons. The number of fused-ring (bicyclic) bond motifs is 1. The van der Waals surface area contributed by atoms with E-state index in [9.17, 15) is 18.0 Å². The van der Waals surface area contributed by atoms with Gasteiger partial charge in [0.05, 0.1) is 5.56 Å². The fourth-order valence-electron chi connectivity index (χ4n) is 3.11. The van der Waals surface area contributed by atoms with Crippen LogP contribution in [-0.4, -0.2) is 10.4 Å². The van der Waals surface area contributed by atoms with Crippen molar-refractivity contribution in [2.24, 2.45) is 0 Å². The quantitative estimate of drug-likeness (QED) is 0.386. The number of aryl methyl sites for hydroxylation is 1. The molecular weight excluding hydrogens is 339 g/mol. The van der Waals surface area contributed by atoms with E-state index in [-0.39, 0.29) is 11.3 Å². The minimum atomic E-state index is -4.41. The number of benzene rings is 2. The monoisotopic (exact) mass is 359 g/mol. The first-order chi connectivity index (χ1) is 12.4. The summed E-state index contributed by atoms with van der Waals surface area (Å²) in [5, 5.41) is 0.828. The lowest BCUT2D eigenvalue weighted by Gasteiger charge is -2.07. The van der Waals surface area contributed by atoms with Crippen molar-refractivity contribution < 1.29 is 18.0 Å². The highest BCUT2D eigenvalue weighted by atomic mass is 19.4. The van der Waals surface area contributed by atoms with Crippen LogP contribution in [0.25, 0.3) is 10.9 Å². The molecule has 0 saturated carbocycles. The van der Waals surface area contributed by atoms with Crippen LogP contribution in [0.15, 0.2) is 54.7 Å². The maximum Gasteiger partial charge on any atom is 0.416 e. The molecule has 0 saturated heterocycles. The molecule has 0 aliphatic carbocycles. The van der Waals surface area contributed by atoms with Gasteiger partial charge in [-0.3, -0.25) is 4.79 Å². The molecule has 2 aromatic carbocycles. The van der Waals surface area contributed by atoms with Crippen molar-refractivity contribution in [3.05, 3.63) is 71.4 Å². The maximum absolute atomic E-state index is 12.9. The number of alkyl halides is 3. The highest BCUT2D eigenvalue weighted by Gasteiger charge is 2.30. The fourth-order valence-corrected chi connectivity index (χ4v) is 3.11. The second kappa shape index (κ2) is 7.36. The van der Waals surface area contributed by atoms with Crippen molar-refractivity contribution in [3.63, 3.8) is 0 Å². The van der Waals surface area contributed by atoms with Gasteiger partial charge >= 0.3 is 6.18 Å². The van der Waals surface area contributed by atoms with Gasteiger partial charge < -0.3 is 4.57 Å². The van der Waals surface area contributed by atoms with Gasteiger partial charge in [0.15, 0.2) is 5.78 Å². The Morgan fingerprint density at radius 3 is 2.35 bits per heavy atom. The van der Waals surface area contributed by atoms with E-state index in [4.69, 9.17) is 0 Å². The molecule has 26 heavy (non-hydrogen) atoms. The Hall–Kier alpha value is -2.56. The summed E-state index contributed by atoms with van der Waals surface area (Å²) < 4.78 is 40.2. The predicted octanol–water partition coefficient (Wildman–Crippen LogP) is 6.08. The van der Waals surface area contributed by atoms with Gasteiger partial charge in [-0.2, -0.15) is 13.2 Å². The number of para-hydroxylation sites is 1. The molecule has 5 heteroatoms. The Bertz CT molecular complexity index is 907. The van der Waals surface area contributed by atoms with Crippen LogP contribution in [0, 0.1) is 0 Å². The number of carbonyl (C=O) groups excluding carboxylic acids is 1. The summed E-state index contributed by atoms with van der Waals surface area (Å²) in [5.41, 5.74) is 1.00. The molecule has 0 aliphatic rings. The molecule has 3 aromatic rings. The zero-order valence-electron chi connectivity index (χ0n) is 14.5. The van der Waals surface area contributed by atoms with Crippen molar-refractivity contribution in [3.8, 4) is 0 Å². The molecule has 0 N–H and O–H groups in total. The fraction of sp³-hybridized carbons (Fsp3) is 0.286. The molecule has 0 unspecified atom stereocenters. The Morgan fingerprint density at radius 1 is 1.00 bits per heavy atom. The number of hydrogen-bond donors (Lipinski definition) is 0. The molecule has 0 atom stereocenters. The second-order valence-corrected chi connectivity index (χ2v) is 6.36. The van der Waals surface area contributed by atoms with E-state index in [1.165, 1.54) is 12.1 Å². The SMILES string of the molecule is CCCCCn1cc(C(=O)c2ccc(C(F)(F)F)cc2)c2ccccc21. The highest BCUT2D eigenvalue weighted by Crippen LogP contribution is 2.30. The summed E-state index contributed by atoms with van der Waals surface area (Å²) in [6, 6.07) is 12.0. The average Bonchev–Trinajstić information content (AvgIpc) is 3.00.